The van der Waals surface area contributed by atoms with E-state index >= 15 is 0 Å². The molecule has 0 radical (unpaired) electrons. The molecule has 0 aromatic rings. The van der Waals surface area contributed by atoms with E-state index in [0.29, 0.717) is 0 Å². The molecule has 84 valence electrons. The van der Waals surface area contributed by atoms with Crippen LogP contribution < -0.4 is 0 Å². The van der Waals surface area contributed by atoms with Crippen molar-refractivity contribution in [2.45, 2.75) is 47.5 Å². The van der Waals surface area contributed by atoms with Crippen LogP contribution in [0.4, 0.5) is 0 Å². The Morgan fingerprint density at radius 2 is 1.87 bits per heavy atom. The highest BCUT2D eigenvalue weighted by molar-refractivity contribution is 5.61. The number of hydrogen-bond donors (Lipinski definition) is 0. The Hall–Kier alpha value is -1.07. The van der Waals surface area contributed by atoms with Crippen molar-refractivity contribution in [2.75, 3.05) is 0 Å². The highest BCUT2D eigenvalue weighted by Gasteiger charge is 2.10. The zero-order valence-corrected chi connectivity index (χ0v) is 10.6. The van der Waals surface area contributed by atoms with Gasteiger partial charge in [-0.1, -0.05) is 11.6 Å². The smallest absolute Gasteiger partial charge is 0.129 e. The molecule has 0 spiro atoms. The third-order valence-electron chi connectivity index (χ3n) is 2.07. The van der Waals surface area contributed by atoms with E-state index in [4.69, 9.17) is 0 Å². The fourth-order valence-electron chi connectivity index (χ4n) is 0.993. The lowest BCUT2D eigenvalue weighted by molar-refractivity contribution is -0.112. The Morgan fingerprint density at radius 1 is 1.27 bits per heavy atom. The van der Waals surface area contributed by atoms with E-state index in [0.717, 1.165) is 19.1 Å². The lowest BCUT2D eigenvalue weighted by atomic mass is 9.95. The molecule has 0 amide bonds. The van der Waals surface area contributed by atoms with Gasteiger partial charge in [-0.15, -0.1) is 5.73 Å². The van der Waals surface area contributed by atoms with Crippen molar-refractivity contribution in [1.29, 1.82) is 0 Å². The van der Waals surface area contributed by atoms with Gasteiger partial charge < -0.3 is 4.79 Å². The van der Waals surface area contributed by atoms with Gasteiger partial charge in [0.1, 0.15) is 6.29 Å². The van der Waals surface area contributed by atoms with Crippen molar-refractivity contribution in [3.8, 4) is 0 Å². The molecule has 0 fully saturated rings. The molecular weight excluding hydrogens is 184 g/mol. The predicted octanol–water partition coefficient (Wildman–Crippen LogP) is 4.06. The van der Waals surface area contributed by atoms with Gasteiger partial charge in [-0.05, 0) is 59.1 Å². The summed E-state index contributed by atoms with van der Waals surface area (Å²) < 4.78 is 0. The van der Waals surface area contributed by atoms with Crippen LogP contribution in [-0.2, 0) is 4.79 Å². The molecule has 0 unspecified atom stereocenters. The third-order valence-corrected chi connectivity index (χ3v) is 2.07. The first kappa shape index (κ1) is 13.9. The van der Waals surface area contributed by atoms with Gasteiger partial charge in [0, 0.05) is 5.41 Å². The van der Waals surface area contributed by atoms with E-state index in [-0.39, 0.29) is 0 Å². The van der Waals surface area contributed by atoms with E-state index in [1.807, 2.05) is 19.9 Å². The van der Waals surface area contributed by atoms with Crippen molar-refractivity contribution < 1.29 is 4.79 Å². The van der Waals surface area contributed by atoms with Crippen LogP contribution in [-0.4, -0.2) is 6.29 Å². The van der Waals surface area contributed by atoms with Crippen LogP contribution >= 0.6 is 0 Å². The summed E-state index contributed by atoms with van der Waals surface area (Å²) in [5, 5.41) is 0. The molecular formula is C14H22O. The molecule has 0 saturated carbocycles. The van der Waals surface area contributed by atoms with Gasteiger partial charge in [0.15, 0.2) is 0 Å². The Labute approximate surface area is 93.6 Å². The van der Waals surface area contributed by atoms with E-state index in [1.54, 1.807) is 0 Å². The van der Waals surface area contributed by atoms with Crippen LogP contribution in [0.1, 0.15) is 47.5 Å². The molecule has 0 rings (SSSR count). The average Bonchev–Trinajstić information content (AvgIpc) is 2.14. The van der Waals surface area contributed by atoms with E-state index < -0.39 is 5.41 Å². The van der Waals surface area contributed by atoms with Crippen LogP contribution in [0.3, 0.4) is 0 Å². The molecule has 1 nitrogen and oxygen atoms in total. The third kappa shape index (κ3) is 7.96. The zero-order valence-electron chi connectivity index (χ0n) is 10.6. The Morgan fingerprint density at radius 3 is 2.33 bits per heavy atom. The maximum atomic E-state index is 10.7. The van der Waals surface area contributed by atoms with Gasteiger partial charge in [0.25, 0.3) is 0 Å². The SMILES string of the molecule is CC(=C=CC(C)(C)C=O)CCC=C(C)C. The summed E-state index contributed by atoms with van der Waals surface area (Å²) in [5.41, 5.74) is 5.33. The quantitative estimate of drug-likeness (QED) is 0.376. The van der Waals surface area contributed by atoms with Crippen molar-refractivity contribution in [3.63, 3.8) is 0 Å². The second-order valence-corrected chi connectivity index (χ2v) is 4.83. The number of allylic oxidation sites excluding steroid dienone is 3. The van der Waals surface area contributed by atoms with Gasteiger partial charge in [0.05, 0.1) is 0 Å². The highest BCUT2D eigenvalue weighted by atomic mass is 16.1. The van der Waals surface area contributed by atoms with E-state index in [2.05, 4.69) is 32.6 Å². The van der Waals surface area contributed by atoms with Gasteiger partial charge >= 0.3 is 0 Å². The largest absolute Gasteiger partial charge is 0.302 e. The molecule has 1 heteroatoms. The van der Waals surface area contributed by atoms with Gasteiger partial charge in [0.2, 0.25) is 0 Å². The summed E-state index contributed by atoms with van der Waals surface area (Å²) in [5.74, 6) is 0. The molecule has 0 N–H and O–H groups in total. The van der Waals surface area contributed by atoms with Crippen molar-refractivity contribution in [1.82, 2.24) is 0 Å². The minimum absolute atomic E-state index is 0.391. The Balaban J connectivity index is 4.32. The van der Waals surface area contributed by atoms with Crippen LogP contribution in [0, 0.1) is 5.41 Å². The first-order chi connectivity index (χ1) is 6.87. The lowest BCUT2D eigenvalue weighted by Crippen LogP contribution is -2.07. The van der Waals surface area contributed by atoms with Crippen molar-refractivity contribution in [3.05, 3.63) is 29.0 Å². The minimum atomic E-state index is -0.391. The number of carbonyl (C=O) groups excluding carboxylic acids is 1. The van der Waals surface area contributed by atoms with Crippen LogP contribution in [0.2, 0.25) is 0 Å². The zero-order chi connectivity index (χ0) is 11.9. The van der Waals surface area contributed by atoms with Crippen LogP contribution in [0.25, 0.3) is 0 Å². The topological polar surface area (TPSA) is 17.1 Å². The molecule has 0 saturated heterocycles. The first-order valence-corrected chi connectivity index (χ1v) is 5.40. The molecule has 15 heavy (non-hydrogen) atoms. The second-order valence-electron chi connectivity index (χ2n) is 4.83. The first-order valence-electron chi connectivity index (χ1n) is 5.40. The van der Waals surface area contributed by atoms with E-state index in [1.165, 1.54) is 11.1 Å². The molecule has 0 aliphatic rings. The summed E-state index contributed by atoms with van der Waals surface area (Å²) in [7, 11) is 0. The highest BCUT2D eigenvalue weighted by Crippen LogP contribution is 2.13. The molecule has 0 bridgehead atoms. The van der Waals surface area contributed by atoms with Crippen LogP contribution in [0.5, 0.6) is 0 Å². The Kier molecular flexibility index (Phi) is 5.96. The summed E-state index contributed by atoms with van der Waals surface area (Å²) >= 11 is 0. The molecule has 0 heterocycles. The van der Waals surface area contributed by atoms with Gasteiger partial charge in [-0.3, -0.25) is 0 Å². The molecule has 0 aromatic heterocycles. The summed E-state index contributed by atoms with van der Waals surface area (Å²) in [6.45, 7) is 10.0. The molecule has 0 aromatic carbocycles. The number of rotatable bonds is 5. The average molecular weight is 206 g/mol. The number of carbonyl (C=O) groups is 1. The fourth-order valence-corrected chi connectivity index (χ4v) is 0.993. The number of aldehydes is 1. The number of hydrogen-bond acceptors (Lipinski definition) is 1. The minimum Gasteiger partial charge on any atom is -0.302 e. The maximum absolute atomic E-state index is 10.7. The monoisotopic (exact) mass is 206 g/mol. The van der Waals surface area contributed by atoms with Crippen LogP contribution in [0.15, 0.2) is 29.0 Å². The maximum Gasteiger partial charge on any atom is 0.129 e. The summed E-state index contributed by atoms with van der Waals surface area (Å²) in [6, 6.07) is 0. The summed E-state index contributed by atoms with van der Waals surface area (Å²) in [6.07, 6.45) is 7.07. The standard InChI is InChI=1S/C14H22O/c1-12(2)7-6-8-13(3)9-10-14(4,5)11-15/h7,10-11H,6,8H2,1-5H3. The summed E-state index contributed by atoms with van der Waals surface area (Å²) in [4.78, 5) is 10.7. The van der Waals surface area contributed by atoms with E-state index in [9.17, 15) is 4.79 Å². The predicted molar refractivity (Wildman–Crippen MR) is 65.8 cm³/mol. The lowest BCUT2D eigenvalue weighted by Gasteiger charge is -2.07. The van der Waals surface area contributed by atoms with Crippen molar-refractivity contribution in [2.24, 2.45) is 5.41 Å². The normalized spacial score (nSPS) is 10.2. The molecule has 0 aliphatic heterocycles. The van der Waals surface area contributed by atoms with Gasteiger partial charge in [-0.25, -0.2) is 0 Å². The molecule has 0 atom stereocenters. The van der Waals surface area contributed by atoms with Crippen molar-refractivity contribution >= 4 is 6.29 Å². The second kappa shape index (κ2) is 6.42. The molecule has 0 aliphatic carbocycles. The van der Waals surface area contributed by atoms with Gasteiger partial charge in [-0.2, -0.15) is 0 Å². The fraction of sp³-hybridized carbons (Fsp3) is 0.571. The Bertz CT molecular complexity index is 295.